The molecule has 32 heavy (non-hydrogen) atoms. The quantitative estimate of drug-likeness (QED) is 0.649. The second-order valence-corrected chi connectivity index (χ2v) is 8.64. The van der Waals surface area contributed by atoms with E-state index in [9.17, 15) is 14.4 Å². The van der Waals surface area contributed by atoms with E-state index in [1.807, 2.05) is 31.2 Å². The average molecular weight is 438 g/mol. The summed E-state index contributed by atoms with van der Waals surface area (Å²) in [5, 5.41) is 5.68. The fraction of sp³-hybridized carbons (Fsp3) is 0.400. The average Bonchev–Trinajstić information content (AvgIpc) is 3.05. The number of rotatable bonds is 8. The summed E-state index contributed by atoms with van der Waals surface area (Å²) in [6.07, 6.45) is -0.412. The predicted molar refractivity (Wildman–Crippen MR) is 123 cm³/mol. The zero-order valence-corrected chi connectivity index (χ0v) is 19.1. The molecule has 3 rings (SSSR count). The Morgan fingerprint density at radius 1 is 1.06 bits per heavy atom. The van der Waals surface area contributed by atoms with Crippen molar-refractivity contribution < 1.29 is 19.1 Å². The first-order chi connectivity index (χ1) is 15.2. The van der Waals surface area contributed by atoms with Crippen LogP contribution < -0.4 is 10.6 Å². The third-order valence-electron chi connectivity index (χ3n) is 5.41. The Balaban J connectivity index is 1.85. The number of anilines is 1. The lowest BCUT2D eigenvalue weighted by atomic mass is 10.00. The molecule has 7 heteroatoms. The van der Waals surface area contributed by atoms with Crippen molar-refractivity contribution in [2.75, 3.05) is 11.9 Å². The van der Waals surface area contributed by atoms with Crippen LogP contribution in [0.2, 0.25) is 0 Å². The maximum Gasteiger partial charge on any atom is 0.411 e. The van der Waals surface area contributed by atoms with Gasteiger partial charge in [-0.3, -0.25) is 14.5 Å². The van der Waals surface area contributed by atoms with Gasteiger partial charge in [0.2, 0.25) is 11.8 Å². The molecule has 1 aliphatic heterocycles. The van der Waals surface area contributed by atoms with Gasteiger partial charge in [-0.1, -0.05) is 55.8 Å². The molecule has 2 aromatic carbocycles. The number of hydrogen-bond donors (Lipinski definition) is 2. The molecule has 0 aromatic heterocycles. The zero-order chi connectivity index (χ0) is 23.3. The summed E-state index contributed by atoms with van der Waals surface area (Å²) < 4.78 is 5.68. The fourth-order valence-electron chi connectivity index (χ4n) is 3.65. The van der Waals surface area contributed by atoms with Gasteiger partial charge in [0.05, 0.1) is 6.54 Å². The molecule has 2 N–H and O–H groups in total. The normalized spacial score (nSPS) is 17.9. The molecule has 1 saturated heterocycles. The van der Waals surface area contributed by atoms with Gasteiger partial charge in [-0.05, 0) is 42.5 Å². The fourth-order valence-corrected chi connectivity index (χ4v) is 3.65. The Kier molecular flexibility index (Phi) is 7.51. The summed E-state index contributed by atoms with van der Waals surface area (Å²) in [5.41, 5.74) is 3.38. The minimum absolute atomic E-state index is 0.170. The van der Waals surface area contributed by atoms with Crippen LogP contribution in [0.3, 0.4) is 0 Å². The van der Waals surface area contributed by atoms with Crippen molar-refractivity contribution in [2.45, 2.75) is 52.8 Å². The predicted octanol–water partition coefficient (Wildman–Crippen LogP) is 4.18. The van der Waals surface area contributed by atoms with Crippen molar-refractivity contribution in [3.63, 3.8) is 0 Å². The molecule has 3 amide bonds. The van der Waals surface area contributed by atoms with Gasteiger partial charge in [0.15, 0.2) is 12.1 Å². The van der Waals surface area contributed by atoms with E-state index >= 15 is 0 Å². The number of carbonyl (C=O) groups is 3. The lowest BCUT2D eigenvalue weighted by molar-refractivity contribution is -0.126. The number of amides is 3. The van der Waals surface area contributed by atoms with Gasteiger partial charge in [-0.15, -0.1) is 0 Å². The summed E-state index contributed by atoms with van der Waals surface area (Å²) in [6, 6.07) is 14.1. The van der Waals surface area contributed by atoms with Crippen molar-refractivity contribution >= 4 is 23.6 Å². The maximum absolute atomic E-state index is 13.2. The van der Waals surface area contributed by atoms with E-state index in [0.29, 0.717) is 23.7 Å². The first kappa shape index (κ1) is 23.3. The van der Waals surface area contributed by atoms with Crippen LogP contribution in [0.5, 0.6) is 0 Å². The molecule has 2 aromatic rings. The Morgan fingerprint density at radius 2 is 1.72 bits per heavy atom. The monoisotopic (exact) mass is 437 g/mol. The molecule has 0 aliphatic carbocycles. The third-order valence-corrected chi connectivity index (χ3v) is 5.41. The van der Waals surface area contributed by atoms with E-state index < -0.39 is 18.2 Å². The van der Waals surface area contributed by atoms with Gasteiger partial charge >= 0.3 is 6.09 Å². The number of cyclic esters (lactones) is 1. The van der Waals surface area contributed by atoms with Crippen LogP contribution in [-0.2, 0) is 20.9 Å². The minimum Gasteiger partial charge on any atom is -0.438 e. The lowest BCUT2D eigenvalue weighted by Crippen LogP contribution is -2.46. The van der Waals surface area contributed by atoms with Crippen LogP contribution in [0.4, 0.5) is 10.5 Å². The Morgan fingerprint density at radius 3 is 2.31 bits per heavy atom. The highest BCUT2D eigenvalue weighted by atomic mass is 16.6. The Labute approximate surface area is 189 Å². The highest BCUT2D eigenvalue weighted by Gasteiger charge is 2.46. The van der Waals surface area contributed by atoms with E-state index in [1.54, 1.807) is 24.3 Å². The molecule has 0 radical (unpaired) electrons. The largest absolute Gasteiger partial charge is 0.438 e. The number of ether oxygens (including phenoxy) is 1. The molecule has 0 saturated carbocycles. The van der Waals surface area contributed by atoms with Crippen LogP contribution in [0.25, 0.3) is 0 Å². The van der Waals surface area contributed by atoms with Gasteiger partial charge in [0, 0.05) is 19.2 Å². The summed E-state index contributed by atoms with van der Waals surface area (Å²) in [4.78, 5) is 38.8. The molecule has 1 fully saturated rings. The van der Waals surface area contributed by atoms with E-state index in [4.69, 9.17) is 4.74 Å². The molecule has 1 aliphatic rings. The van der Waals surface area contributed by atoms with E-state index in [0.717, 1.165) is 17.5 Å². The van der Waals surface area contributed by atoms with Crippen LogP contribution in [0.15, 0.2) is 48.5 Å². The first-order valence-corrected chi connectivity index (χ1v) is 10.9. The first-order valence-electron chi connectivity index (χ1n) is 10.9. The highest BCUT2D eigenvalue weighted by Crippen LogP contribution is 2.34. The highest BCUT2D eigenvalue weighted by molar-refractivity contribution is 5.90. The van der Waals surface area contributed by atoms with E-state index in [2.05, 4.69) is 24.5 Å². The molecular weight excluding hydrogens is 406 g/mol. The number of hydrogen-bond acceptors (Lipinski definition) is 4. The van der Waals surface area contributed by atoms with Crippen LogP contribution in [0.1, 0.15) is 50.0 Å². The Hall–Kier alpha value is -3.35. The van der Waals surface area contributed by atoms with Gasteiger partial charge in [-0.2, -0.15) is 0 Å². The van der Waals surface area contributed by atoms with E-state index in [1.165, 1.54) is 11.8 Å². The van der Waals surface area contributed by atoms with Crippen LogP contribution in [-0.4, -0.2) is 35.4 Å². The number of aryl methyl sites for hydroxylation is 1. The van der Waals surface area contributed by atoms with Gasteiger partial charge in [-0.25, -0.2) is 4.79 Å². The molecule has 7 nitrogen and oxygen atoms in total. The van der Waals surface area contributed by atoms with E-state index in [-0.39, 0.29) is 18.4 Å². The van der Waals surface area contributed by atoms with Crippen molar-refractivity contribution in [3.8, 4) is 0 Å². The summed E-state index contributed by atoms with van der Waals surface area (Å²) in [5.74, 6) is 0.0498. The zero-order valence-electron chi connectivity index (χ0n) is 19.1. The summed E-state index contributed by atoms with van der Waals surface area (Å²) in [7, 11) is 0. The SMILES string of the molecule is CC(=O)Nc1ccc([C@@H]2OC(=O)N(Cc3ccc(C)cc3)[C@@H]2C(=O)NCCC(C)C)cc1. The smallest absolute Gasteiger partial charge is 0.411 e. The van der Waals surface area contributed by atoms with Crippen LogP contribution in [0, 0.1) is 12.8 Å². The van der Waals surface area contributed by atoms with Gasteiger partial charge in [0.1, 0.15) is 0 Å². The number of benzene rings is 2. The number of nitrogens with one attached hydrogen (secondary N) is 2. The Bertz CT molecular complexity index is 954. The second-order valence-electron chi connectivity index (χ2n) is 8.64. The van der Waals surface area contributed by atoms with Gasteiger partial charge < -0.3 is 15.4 Å². The molecule has 0 unspecified atom stereocenters. The number of nitrogens with zero attached hydrogens (tertiary/aromatic N) is 1. The summed E-state index contributed by atoms with van der Waals surface area (Å²) >= 11 is 0. The summed E-state index contributed by atoms with van der Waals surface area (Å²) in [6.45, 7) is 8.44. The van der Waals surface area contributed by atoms with Gasteiger partial charge in [0.25, 0.3) is 0 Å². The second kappa shape index (κ2) is 10.3. The van der Waals surface area contributed by atoms with Crippen molar-refractivity contribution in [2.24, 2.45) is 5.92 Å². The standard InChI is InChI=1S/C25H31N3O4/c1-16(2)13-14-26-24(30)22-23(20-9-11-21(12-10-20)27-18(4)29)32-25(31)28(22)15-19-7-5-17(3)6-8-19/h5-12,16,22-23H,13-15H2,1-4H3,(H,26,30)(H,27,29)/t22-,23-/m0/s1. The lowest BCUT2D eigenvalue weighted by Gasteiger charge is -2.24. The van der Waals surface area contributed by atoms with Crippen molar-refractivity contribution in [1.29, 1.82) is 0 Å². The topological polar surface area (TPSA) is 87.7 Å². The van der Waals surface area contributed by atoms with Crippen LogP contribution >= 0.6 is 0 Å². The molecular formula is C25H31N3O4. The third kappa shape index (κ3) is 5.87. The molecule has 0 spiro atoms. The van der Waals surface area contributed by atoms with Crippen molar-refractivity contribution in [3.05, 3.63) is 65.2 Å². The number of carbonyl (C=O) groups excluding carboxylic acids is 3. The maximum atomic E-state index is 13.2. The molecule has 1 heterocycles. The van der Waals surface area contributed by atoms with Crippen molar-refractivity contribution in [1.82, 2.24) is 10.2 Å². The molecule has 0 bridgehead atoms. The minimum atomic E-state index is -0.789. The molecule has 2 atom stereocenters. The molecule has 170 valence electrons.